The molecule has 0 saturated carbocycles. The van der Waals surface area contributed by atoms with Crippen LogP contribution in [0.2, 0.25) is 0 Å². The minimum atomic E-state index is -0.440. The van der Waals surface area contributed by atoms with Crippen LogP contribution in [-0.2, 0) is 9.47 Å². The fourth-order valence-electron chi connectivity index (χ4n) is 2.53. The van der Waals surface area contributed by atoms with E-state index in [1.807, 2.05) is 10.9 Å². The molecule has 0 unspecified atom stereocenters. The maximum atomic E-state index is 11.6. The molecule has 1 fully saturated rings. The number of ether oxygens (including phenoxy) is 2. The van der Waals surface area contributed by atoms with Gasteiger partial charge in [-0.1, -0.05) is 0 Å². The average molecular weight is 275 g/mol. The Bertz CT molecular complexity index is 644. The lowest BCUT2D eigenvalue weighted by molar-refractivity contribution is 0.0602. The molecule has 1 saturated heterocycles. The van der Waals surface area contributed by atoms with Gasteiger partial charge in [0.1, 0.15) is 0 Å². The van der Waals surface area contributed by atoms with Crippen LogP contribution in [0.1, 0.15) is 29.2 Å². The Kier molecular flexibility index (Phi) is 3.31. The molecule has 0 spiro atoms. The largest absolute Gasteiger partial charge is 0.465 e. The molecule has 20 heavy (non-hydrogen) atoms. The summed E-state index contributed by atoms with van der Waals surface area (Å²) >= 11 is 0. The molecular formula is C14H17N3O3. The fourth-order valence-corrected chi connectivity index (χ4v) is 2.53. The Balaban J connectivity index is 2.00. The van der Waals surface area contributed by atoms with Crippen LogP contribution < -0.4 is 5.73 Å². The summed E-state index contributed by atoms with van der Waals surface area (Å²) in [6.07, 6.45) is 3.88. The Labute approximate surface area is 116 Å². The highest BCUT2D eigenvalue weighted by Crippen LogP contribution is 2.26. The van der Waals surface area contributed by atoms with Crippen molar-refractivity contribution in [1.29, 1.82) is 0 Å². The van der Waals surface area contributed by atoms with Gasteiger partial charge in [-0.2, -0.15) is 5.10 Å². The van der Waals surface area contributed by atoms with E-state index in [9.17, 15) is 4.79 Å². The van der Waals surface area contributed by atoms with Crippen molar-refractivity contribution in [2.75, 3.05) is 26.1 Å². The van der Waals surface area contributed by atoms with E-state index >= 15 is 0 Å². The second-order valence-corrected chi connectivity index (χ2v) is 4.94. The second kappa shape index (κ2) is 5.13. The minimum absolute atomic E-state index is 0.346. The van der Waals surface area contributed by atoms with Gasteiger partial charge in [-0.3, -0.25) is 4.68 Å². The smallest absolute Gasteiger partial charge is 0.340 e. The molecule has 6 heteroatoms. The number of nitrogen functional groups attached to an aromatic ring is 1. The number of aromatic nitrogens is 2. The van der Waals surface area contributed by atoms with Crippen LogP contribution in [0.3, 0.4) is 0 Å². The van der Waals surface area contributed by atoms with Crippen molar-refractivity contribution >= 4 is 22.6 Å². The molecule has 1 aromatic carbocycles. The summed E-state index contributed by atoms with van der Waals surface area (Å²) in [6, 6.07) is 3.80. The molecule has 0 amide bonds. The molecule has 0 bridgehead atoms. The lowest BCUT2D eigenvalue weighted by atomic mass is 10.1. The number of rotatable bonds is 2. The maximum absolute atomic E-state index is 11.6. The van der Waals surface area contributed by atoms with Gasteiger partial charge in [0.25, 0.3) is 0 Å². The van der Waals surface area contributed by atoms with Crippen LogP contribution in [0, 0.1) is 0 Å². The van der Waals surface area contributed by atoms with Crippen LogP contribution in [-0.4, -0.2) is 36.1 Å². The number of nitrogens with two attached hydrogens (primary N) is 1. The summed E-state index contributed by atoms with van der Waals surface area (Å²) in [6.45, 7) is 1.52. The van der Waals surface area contributed by atoms with Crippen molar-refractivity contribution in [2.24, 2.45) is 0 Å². The quantitative estimate of drug-likeness (QED) is 0.667. The molecule has 6 nitrogen and oxygen atoms in total. The topological polar surface area (TPSA) is 79.4 Å². The zero-order valence-corrected chi connectivity index (χ0v) is 11.3. The van der Waals surface area contributed by atoms with E-state index in [1.165, 1.54) is 7.11 Å². The van der Waals surface area contributed by atoms with Crippen LogP contribution in [0.4, 0.5) is 5.69 Å². The highest BCUT2D eigenvalue weighted by atomic mass is 16.5. The van der Waals surface area contributed by atoms with Gasteiger partial charge in [-0.05, 0) is 25.0 Å². The van der Waals surface area contributed by atoms with Gasteiger partial charge in [0, 0.05) is 30.5 Å². The zero-order chi connectivity index (χ0) is 14.1. The number of carbonyl (C=O) groups excluding carboxylic acids is 1. The van der Waals surface area contributed by atoms with Crippen LogP contribution in [0.25, 0.3) is 10.9 Å². The third kappa shape index (κ3) is 2.22. The lowest BCUT2D eigenvalue weighted by Gasteiger charge is -2.22. The Hall–Kier alpha value is -2.08. The summed E-state index contributed by atoms with van der Waals surface area (Å²) in [4.78, 5) is 11.6. The van der Waals surface area contributed by atoms with Crippen LogP contribution >= 0.6 is 0 Å². The summed E-state index contributed by atoms with van der Waals surface area (Å²) in [5.41, 5.74) is 7.42. The first-order chi connectivity index (χ1) is 9.69. The van der Waals surface area contributed by atoms with E-state index in [-0.39, 0.29) is 0 Å². The average Bonchev–Trinajstić information content (AvgIpc) is 2.89. The van der Waals surface area contributed by atoms with E-state index < -0.39 is 5.97 Å². The Morgan fingerprint density at radius 1 is 1.45 bits per heavy atom. The van der Waals surface area contributed by atoms with E-state index in [4.69, 9.17) is 15.2 Å². The van der Waals surface area contributed by atoms with Gasteiger partial charge in [0.15, 0.2) is 0 Å². The molecule has 0 atom stereocenters. The van der Waals surface area contributed by atoms with E-state index in [2.05, 4.69) is 5.10 Å². The van der Waals surface area contributed by atoms with E-state index in [1.54, 1.807) is 12.1 Å². The number of methoxy groups -OCH3 is 1. The van der Waals surface area contributed by atoms with Crippen molar-refractivity contribution in [3.8, 4) is 0 Å². The van der Waals surface area contributed by atoms with E-state index in [0.717, 1.165) is 37.0 Å². The maximum Gasteiger partial charge on any atom is 0.340 e. The fraction of sp³-hybridized carbons (Fsp3) is 0.429. The number of anilines is 1. The summed E-state index contributed by atoms with van der Waals surface area (Å²) < 4.78 is 12.0. The second-order valence-electron chi connectivity index (χ2n) is 4.94. The summed E-state index contributed by atoms with van der Waals surface area (Å²) in [7, 11) is 1.34. The minimum Gasteiger partial charge on any atom is -0.465 e. The molecule has 0 aliphatic carbocycles. The number of hydrogen-bond donors (Lipinski definition) is 1. The number of esters is 1. The molecule has 2 aromatic rings. The highest BCUT2D eigenvalue weighted by Gasteiger charge is 2.18. The lowest BCUT2D eigenvalue weighted by Crippen LogP contribution is -2.19. The monoisotopic (exact) mass is 275 g/mol. The Morgan fingerprint density at radius 3 is 2.90 bits per heavy atom. The first-order valence-corrected chi connectivity index (χ1v) is 6.63. The molecule has 1 aliphatic rings. The first-order valence-electron chi connectivity index (χ1n) is 6.63. The normalized spacial score (nSPS) is 16.4. The van der Waals surface area contributed by atoms with Crippen molar-refractivity contribution in [2.45, 2.75) is 18.9 Å². The number of benzene rings is 1. The van der Waals surface area contributed by atoms with Gasteiger partial charge < -0.3 is 15.2 Å². The van der Waals surface area contributed by atoms with Gasteiger partial charge >= 0.3 is 5.97 Å². The van der Waals surface area contributed by atoms with Crippen molar-refractivity contribution in [3.05, 3.63) is 23.9 Å². The first kappa shape index (κ1) is 12.9. The third-order valence-electron chi connectivity index (χ3n) is 3.66. The number of nitrogens with zero attached hydrogens (tertiary/aromatic N) is 2. The van der Waals surface area contributed by atoms with Crippen molar-refractivity contribution in [1.82, 2.24) is 9.78 Å². The Morgan fingerprint density at radius 2 is 2.20 bits per heavy atom. The standard InChI is InChI=1S/C14H17N3O3/c1-19-14(18)11-7-13-9(6-12(11)15)8-17(16-13)10-2-4-20-5-3-10/h6-8,10H,2-5,15H2,1H3. The number of hydrogen-bond acceptors (Lipinski definition) is 5. The predicted octanol–water partition coefficient (Wildman–Crippen LogP) is 1.76. The van der Waals surface area contributed by atoms with Gasteiger partial charge in [-0.15, -0.1) is 0 Å². The summed E-state index contributed by atoms with van der Waals surface area (Å²) in [5, 5.41) is 5.48. The van der Waals surface area contributed by atoms with Crippen LogP contribution in [0.5, 0.6) is 0 Å². The number of carbonyl (C=O) groups is 1. The SMILES string of the molecule is COC(=O)c1cc2nn(C3CCOCC3)cc2cc1N. The highest BCUT2D eigenvalue weighted by molar-refractivity contribution is 6.00. The molecule has 106 valence electrons. The van der Waals surface area contributed by atoms with Crippen LogP contribution in [0.15, 0.2) is 18.3 Å². The molecule has 1 aliphatic heterocycles. The number of fused-ring (bicyclic) bond motifs is 1. The van der Waals surface area contributed by atoms with Gasteiger partial charge in [0.05, 0.1) is 24.2 Å². The molecule has 3 rings (SSSR count). The molecule has 2 heterocycles. The molecular weight excluding hydrogens is 258 g/mol. The van der Waals surface area contributed by atoms with Crippen molar-refractivity contribution in [3.63, 3.8) is 0 Å². The van der Waals surface area contributed by atoms with Gasteiger partial charge in [0.2, 0.25) is 0 Å². The van der Waals surface area contributed by atoms with Gasteiger partial charge in [-0.25, -0.2) is 4.79 Å². The molecule has 1 aromatic heterocycles. The van der Waals surface area contributed by atoms with E-state index in [0.29, 0.717) is 17.3 Å². The van der Waals surface area contributed by atoms with Crippen molar-refractivity contribution < 1.29 is 14.3 Å². The zero-order valence-electron chi connectivity index (χ0n) is 11.3. The molecule has 2 N–H and O–H groups in total. The molecule has 0 radical (unpaired) electrons. The predicted molar refractivity (Wildman–Crippen MR) is 74.6 cm³/mol. The summed E-state index contributed by atoms with van der Waals surface area (Å²) in [5.74, 6) is -0.440. The third-order valence-corrected chi connectivity index (χ3v) is 3.66.